The Morgan fingerprint density at radius 3 is 2.50 bits per heavy atom. The highest BCUT2D eigenvalue weighted by molar-refractivity contribution is 5.40. The van der Waals surface area contributed by atoms with Gasteiger partial charge < -0.3 is 14.9 Å². The molecule has 1 aromatic heterocycles. The molecule has 1 aromatic carbocycles. The summed E-state index contributed by atoms with van der Waals surface area (Å²) >= 11 is 0. The summed E-state index contributed by atoms with van der Waals surface area (Å²) in [6.45, 7) is 6.35. The summed E-state index contributed by atoms with van der Waals surface area (Å²) in [7, 11) is 0. The van der Waals surface area contributed by atoms with Crippen molar-refractivity contribution in [3.8, 4) is 5.75 Å². The third kappa shape index (κ3) is 2.93. The number of aromatic nitrogens is 1. The summed E-state index contributed by atoms with van der Waals surface area (Å²) in [5.74, 6) is -0.0632. The van der Waals surface area contributed by atoms with Gasteiger partial charge in [-0.25, -0.2) is 0 Å². The first-order valence-electron chi connectivity index (χ1n) is 6.28. The predicted molar refractivity (Wildman–Crippen MR) is 75.9 cm³/mol. The zero-order valence-corrected chi connectivity index (χ0v) is 11.7. The molecule has 0 amide bonds. The highest BCUT2D eigenvalue weighted by atomic mass is 16.6. The van der Waals surface area contributed by atoms with Crippen LogP contribution in [0.1, 0.15) is 22.3 Å². The third-order valence-corrected chi connectivity index (χ3v) is 3.14. The second kappa shape index (κ2) is 5.69. The molecule has 20 heavy (non-hydrogen) atoms. The van der Waals surface area contributed by atoms with Gasteiger partial charge in [0.25, 0.3) is 0 Å². The van der Waals surface area contributed by atoms with Gasteiger partial charge in [-0.3, -0.25) is 0 Å². The molecular weight excluding hydrogens is 256 g/mol. The van der Waals surface area contributed by atoms with Gasteiger partial charge in [0, 0.05) is 0 Å². The van der Waals surface area contributed by atoms with Crippen LogP contribution in [0.25, 0.3) is 0 Å². The maximum absolute atomic E-state index is 10.9. The van der Waals surface area contributed by atoms with E-state index in [0.717, 1.165) is 16.7 Å². The topological polar surface area (TPSA) is 65.3 Å². The average molecular weight is 272 g/mol. The van der Waals surface area contributed by atoms with Gasteiger partial charge >= 0.3 is 5.82 Å². The van der Waals surface area contributed by atoms with Crippen LogP contribution in [0.2, 0.25) is 0 Å². The van der Waals surface area contributed by atoms with E-state index in [1.807, 2.05) is 20.8 Å². The van der Waals surface area contributed by atoms with Crippen LogP contribution in [0, 0.1) is 30.9 Å². The Labute approximate surface area is 117 Å². The number of nitrogens with zero attached hydrogens (tertiary/aromatic N) is 2. The van der Waals surface area contributed by atoms with Gasteiger partial charge in [0.1, 0.15) is 12.8 Å². The smallest absolute Gasteiger partial charge is 0.406 e. The van der Waals surface area contributed by atoms with Crippen LogP contribution in [-0.4, -0.2) is 9.91 Å². The number of pyridine rings is 1. The molecule has 0 saturated carbocycles. The van der Waals surface area contributed by atoms with Crippen molar-refractivity contribution in [2.75, 3.05) is 0 Å². The van der Waals surface area contributed by atoms with E-state index < -0.39 is 4.92 Å². The van der Waals surface area contributed by atoms with E-state index in [9.17, 15) is 10.1 Å². The summed E-state index contributed by atoms with van der Waals surface area (Å²) in [5.41, 5.74) is 4.48. The Hall–Kier alpha value is -2.43. The molecule has 2 rings (SSSR count). The molecule has 2 aromatic rings. The standard InChI is InChI=1S/C15H16N2O3/c1-10-7-11(2)13(12(3)8-10)9-20-14-5-4-6-16-15(14)17(18)19/h4-8H,9H2,1-3H3. The Bertz CT molecular complexity index is 630. The molecule has 5 heteroatoms. The Balaban J connectivity index is 2.24. The van der Waals surface area contributed by atoms with Crippen molar-refractivity contribution < 1.29 is 9.66 Å². The third-order valence-electron chi connectivity index (χ3n) is 3.14. The number of hydrogen-bond acceptors (Lipinski definition) is 4. The Morgan fingerprint density at radius 1 is 1.25 bits per heavy atom. The zero-order chi connectivity index (χ0) is 14.7. The van der Waals surface area contributed by atoms with E-state index in [1.165, 1.54) is 11.8 Å². The number of nitro groups is 1. The van der Waals surface area contributed by atoms with E-state index in [0.29, 0.717) is 6.61 Å². The molecule has 1 heterocycles. The number of hydrogen-bond donors (Lipinski definition) is 0. The lowest BCUT2D eigenvalue weighted by atomic mass is 10.0. The van der Waals surface area contributed by atoms with Gasteiger partial charge in [-0.2, -0.15) is 0 Å². The van der Waals surface area contributed by atoms with E-state index in [2.05, 4.69) is 17.1 Å². The Kier molecular flexibility index (Phi) is 3.98. The minimum atomic E-state index is -0.538. The van der Waals surface area contributed by atoms with Gasteiger partial charge in [-0.05, 0) is 59.5 Å². The lowest BCUT2D eigenvalue weighted by Gasteiger charge is -2.12. The van der Waals surface area contributed by atoms with Gasteiger partial charge in [-0.1, -0.05) is 17.7 Å². The van der Waals surface area contributed by atoms with Gasteiger partial charge in [0.05, 0.1) is 0 Å². The van der Waals surface area contributed by atoms with Crippen LogP contribution in [0.5, 0.6) is 5.75 Å². The maximum Gasteiger partial charge on any atom is 0.406 e. The number of aryl methyl sites for hydroxylation is 3. The molecule has 0 aliphatic heterocycles. The van der Waals surface area contributed by atoms with Crippen molar-refractivity contribution in [3.05, 3.63) is 62.8 Å². The molecular formula is C15H16N2O3. The van der Waals surface area contributed by atoms with Crippen molar-refractivity contribution in [2.45, 2.75) is 27.4 Å². The van der Waals surface area contributed by atoms with Crippen LogP contribution in [0.3, 0.4) is 0 Å². The van der Waals surface area contributed by atoms with Gasteiger partial charge in [0.15, 0.2) is 0 Å². The molecule has 0 radical (unpaired) electrons. The fourth-order valence-corrected chi connectivity index (χ4v) is 2.22. The van der Waals surface area contributed by atoms with E-state index in [-0.39, 0.29) is 11.6 Å². The predicted octanol–water partition coefficient (Wildman–Crippen LogP) is 3.49. The van der Waals surface area contributed by atoms with E-state index >= 15 is 0 Å². The van der Waals surface area contributed by atoms with Crippen molar-refractivity contribution in [1.29, 1.82) is 0 Å². The fourth-order valence-electron chi connectivity index (χ4n) is 2.22. The van der Waals surface area contributed by atoms with Gasteiger partial charge in [0.2, 0.25) is 5.75 Å². The maximum atomic E-state index is 10.9. The summed E-state index contributed by atoms with van der Waals surface area (Å²) in [6, 6.07) is 7.33. The van der Waals surface area contributed by atoms with Crippen LogP contribution in [0.4, 0.5) is 5.82 Å². The molecule has 5 nitrogen and oxygen atoms in total. The molecule has 0 saturated heterocycles. The minimum absolute atomic E-state index is 0.192. The van der Waals surface area contributed by atoms with Crippen LogP contribution < -0.4 is 4.74 Å². The first-order chi connectivity index (χ1) is 9.49. The van der Waals surface area contributed by atoms with Crippen molar-refractivity contribution >= 4 is 5.82 Å². The second-order valence-electron chi connectivity index (χ2n) is 4.75. The normalized spacial score (nSPS) is 10.3. The summed E-state index contributed by atoms with van der Waals surface area (Å²) in [5, 5.41) is 10.9. The van der Waals surface area contributed by atoms with Gasteiger partial charge in [-0.15, -0.1) is 0 Å². The first kappa shape index (κ1) is 14.0. The van der Waals surface area contributed by atoms with Crippen LogP contribution in [0.15, 0.2) is 30.5 Å². The number of rotatable bonds is 4. The summed E-state index contributed by atoms with van der Waals surface area (Å²) in [6.07, 6.45) is 1.38. The van der Waals surface area contributed by atoms with Crippen molar-refractivity contribution in [3.63, 3.8) is 0 Å². The molecule has 0 fully saturated rings. The molecule has 104 valence electrons. The minimum Gasteiger partial charge on any atom is -0.481 e. The lowest BCUT2D eigenvalue weighted by molar-refractivity contribution is -0.390. The zero-order valence-electron chi connectivity index (χ0n) is 11.7. The van der Waals surface area contributed by atoms with E-state index in [4.69, 9.17) is 4.74 Å². The van der Waals surface area contributed by atoms with Crippen molar-refractivity contribution in [2.24, 2.45) is 0 Å². The monoisotopic (exact) mass is 272 g/mol. The molecule has 0 atom stereocenters. The first-order valence-corrected chi connectivity index (χ1v) is 6.28. The second-order valence-corrected chi connectivity index (χ2v) is 4.75. The average Bonchev–Trinajstić information content (AvgIpc) is 2.37. The van der Waals surface area contributed by atoms with Crippen molar-refractivity contribution in [1.82, 2.24) is 4.98 Å². The number of ether oxygens (including phenoxy) is 1. The fraction of sp³-hybridized carbons (Fsp3) is 0.267. The highest BCUT2D eigenvalue weighted by Gasteiger charge is 2.16. The summed E-state index contributed by atoms with van der Waals surface area (Å²) in [4.78, 5) is 14.1. The SMILES string of the molecule is Cc1cc(C)c(COc2cccnc2[N+](=O)[O-])c(C)c1. The molecule has 0 aliphatic carbocycles. The molecule has 0 aliphatic rings. The summed E-state index contributed by atoms with van der Waals surface area (Å²) < 4.78 is 5.58. The quantitative estimate of drug-likeness (QED) is 0.631. The lowest BCUT2D eigenvalue weighted by Crippen LogP contribution is -2.04. The van der Waals surface area contributed by atoms with E-state index in [1.54, 1.807) is 12.1 Å². The highest BCUT2D eigenvalue weighted by Crippen LogP contribution is 2.25. The van der Waals surface area contributed by atoms with Crippen LogP contribution >= 0.6 is 0 Å². The molecule has 0 unspecified atom stereocenters. The Morgan fingerprint density at radius 2 is 1.90 bits per heavy atom. The number of benzene rings is 1. The largest absolute Gasteiger partial charge is 0.481 e. The van der Waals surface area contributed by atoms with Crippen LogP contribution in [-0.2, 0) is 6.61 Å². The molecule has 0 N–H and O–H groups in total. The molecule has 0 spiro atoms. The molecule has 0 bridgehead atoms.